The van der Waals surface area contributed by atoms with Gasteiger partial charge in [-0.3, -0.25) is 14.3 Å². The van der Waals surface area contributed by atoms with Crippen LogP contribution in [0.3, 0.4) is 0 Å². The summed E-state index contributed by atoms with van der Waals surface area (Å²) < 4.78 is 7.19. The van der Waals surface area contributed by atoms with Crippen molar-refractivity contribution in [3.63, 3.8) is 0 Å². The van der Waals surface area contributed by atoms with Crippen molar-refractivity contribution in [1.82, 2.24) is 15.1 Å². The second-order valence-corrected chi connectivity index (χ2v) is 7.16. The molecule has 1 aromatic carbocycles. The number of anilines is 1. The van der Waals surface area contributed by atoms with Crippen LogP contribution in [0.5, 0.6) is 5.75 Å². The second kappa shape index (κ2) is 7.06. The number of fused-ring (bicyclic) bond motifs is 1. The van der Waals surface area contributed by atoms with Gasteiger partial charge in [0.2, 0.25) is 5.91 Å². The van der Waals surface area contributed by atoms with Crippen LogP contribution < -0.4 is 15.0 Å². The summed E-state index contributed by atoms with van der Waals surface area (Å²) in [5, 5.41) is 7.45. The van der Waals surface area contributed by atoms with Gasteiger partial charge in [-0.25, -0.2) is 0 Å². The van der Waals surface area contributed by atoms with Crippen molar-refractivity contribution in [2.75, 3.05) is 18.6 Å². The van der Waals surface area contributed by atoms with Gasteiger partial charge in [0.05, 0.1) is 18.8 Å². The van der Waals surface area contributed by atoms with E-state index in [1.54, 1.807) is 12.0 Å². The smallest absolute Gasteiger partial charge is 0.272 e. The van der Waals surface area contributed by atoms with Gasteiger partial charge in [-0.2, -0.15) is 5.10 Å². The molecular formula is C20H24N4O3. The van der Waals surface area contributed by atoms with Gasteiger partial charge in [-0.15, -0.1) is 0 Å². The number of aryl methyl sites for hydroxylation is 1. The van der Waals surface area contributed by atoms with Crippen molar-refractivity contribution in [3.05, 3.63) is 41.2 Å². The summed E-state index contributed by atoms with van der Waals surface area (Å²) in [6.45, 7) is 0.431. The van der Waals surface area contributed by atoms with E-state index in [4.69, 9.17) is 4.74 Å². The van der Waals surface area contributed by atoms with Crippen LogP contribution in [-0.4, -0.2) is 41.3 Å². The topological polar surface area (TPSA) is 76.5 Å². The maximum absolute atomic E-state index is 12.8. The molecule has 1 fully saturated rings. The molecule has 4 rings (SSSR count). The fourth-order valence-electron chi connectivity index (χ4n) is 4.10. The molecule has 1 saturated heterocycles. The Morgan fingerprint density at radius 1 is 1.26 bits per heavy atom. The predicted octanol–water partition coefficient (Wildman–Crippen LogP) is 1.84. The highest BCUT2D eigenvalue weighted by Crippen LogP contribution is 2.31. The lowest BCUT2D eigenvalue weighted by molar-refractivity contribution is -0.117. The maximum atomic E-state index is 12.8. The molecule has 1 aliphatic carbocycles. The minimum absolute atomic E-state index is 0.0205. The lowest BCUT2D eigenvalue weighted by Gasteiger charge is -2.19. The Morgan fingerprint density at radius 3 is 2.85 bits per heavy atom. The molecule has 2 amide bonds. The van der Waals surface area contributed by atoms with Crippen LogP contribution >= 0.6 is 0 Å². The third-order valence-electron chi connectivity index (χ3n) is 5.42. The lowest BCUT2D eigenvalue weighted by atomic mass is 9.95. The summed E-state index contributed by atoms with van der Waals surface area (Å²) in [4.78, 5) is 27.0. The Labute approximate surface area is 158 Å². The molecule has 0 radical (unpaired) electrons. The molecule has 0 unspecified atom stereocenters. The van der Waals surface area contributed by atoms with Crippen molar-refractivity contribution < 1.29 is 14.3 Å². The van der Waals surface area contributed by atoms with E-state index in [1.165, 1.54) is 0 Å². The minimum Gasteiger partial charge on any atom is -0.495 e. The van der Waals surface area contributed by atoms with E-state index in [9.17, 15) is 9.59 Å². The molecule has 1 aliphatic heterocycles. The number of aromatic nitrogens is 2. The van der Waals surface area contributed by atoms with Crippen molar-refractivity contribution in [3.8, 4) is 5.75 Å². The fraction of sp³-hybridized carbons (Fsp3) is 0.450. The SMILES string of the molecule is COc1ccccc1N1C[C@@H](NC(=O)c2nn(C)c3c2CCCC3)CC1=O. The molecule has 1 atom stereocenters. The number of nitrogens with zero attached hydrogens (tertiary/aromatic N) is 3. The summed E-state index contributed by atoms with van der Waals surface area (Å²) >= 11 is 0. The van der Waals surface area contributed by atoms with Gasteiger partial charge < -0.3 is 15.0 Å². The van der Waals surface area contributed by atoms with Crippen LogP contribution in [0, 0.1) is 0 Å². The average Bonchev–Trinajstić information content (AvgIpc) is 3.22. The first-order chi connectivity index (χ1) is 13.1. The number of carbonyl (C=O) groups excluding carboxylic acids is 2. The molecule has 142 valence electrons. The Hall–Kier alpha value is -2.83. The van der Waals surface area contributed by atoms with Gasteiger partial charge in [0.1, 0.15) is 5.75 Å². The van der Waals surface area contributed by atoms with Gasteiger partial charge in [0.25, 0.3) is 5.91 Å². The zero-order chi connectivity index (χ0) is 19.0. The van der Waals surface area contributed by atoms with Crippen molar-refractivity contribution in [2.24, 2.45) is 7.05 Å². The molecule has 7 nitrogen and oxygen atoms in total. The number of ether oxygens (including phenoxy) is 1. The first kappa shape index (κ1) is 17.6. The monoisotopic (exact) mass is 368 g/mol. The van der Waals surface area contributed by atoms with E-state index in [2.05, 4.69) is 10.4 Å². The molecule has 0 spiro atoms. The van der Waals surface area contributed by atoms with Gasteiger partial charge in [0, 0.05) is 31.3 Å². The molecule has 1 aromatic heterocycles. The normalized spacial score (nSPS) is 19.1. The Morgan fingerprint density at radius 2 is 2.04 bits per heavy atom. The Bertz CT molecular complexity index is 889. The second-order valence-electron chi connectivity index (χ2n) is 7.16. The number of para-hydroxylation sites is 2. The number of methoxy groups -OCH3 is 1. The van der Waals surface area contributed by atoms with E-state index in [0.717, 1.165) is 42.6 Å². The summed E-state index contributed by atoms with van der Waals surface area (Å²) in [5.41, 5.74) is 3.46. The Kier molecular flexibility index (Phi) is 4.59. The highest BCUT2D eigenvalue weighted by molar-refractivity contribution is 5.99. The molecule has 2 aliphatic rings. The van der Waals surface area contributed by atoms with E-state index >= 15 is 0 Å². The summed E-state index contributed by atoms with van der Waals surface area (Å²) in [5.74, 6) is 0.442. The van der Waals surface area contributed by atoms with Crippen molar-refractivity contribution >= 4 is 17.5 Å². The third kappa shape index (κ3) is 3.18. The largest absolute Gasteiger partial charge is 0.495 e. The van der Waals surface area contributed by atoms with Crippen LogP contribution in [-0.2, 0) is 24.7 Å². The van der Waals surface area contributed by atoms with Crippen LogP contribution in [0.15, 0.2) is 24.3 Å². The summed E-state index contributed by atoms with van der Waals surface area (Å²) in [6, 6.07) is 7.19. The van der Waals surface area contributed by atoms with Gasteiger partial charge in [-0.1, -0.05) is 12.1 Å². The third-order valence-corrected chi connectivity index (χ3v) is 5.42. The molecular weight excluding hydrogens is 344 g/mol. The average molecular weight is 368 g/mol. The van der Waals surface area contributed by atoms with Gasteiger partial charge in [-0.05, 0) is 37.8 Å². The summed E-state index contributed by atoms with van der Waals surface area (Å²) in [7, 11) is 3.48. The van der Waals surface area contributed by atoms with E-state index < -0.39 is 0 Å². The van der Waals surface area contributed by atoms with Crippen LogP contribution in [0.25, 0.3) is 0 Å². The van der Waals surface area contributed by atoms with Crippen LogP contribution in [0.2, 0.25) is 0 Å². The quantitative estimate of drug-likeness (QED) is 0.893. The number of nitrogens with one attached hydrogen (secondary N) is 1. The molecule has 27 heavy (non-hydrogen) atoms. The zero-order valence-corrected chi connectivity index (χ0v) is 15.7. The fourth-order valence-corrected chi connectivity index (χ4v) is 4.10. The number of benzene rings is 1. The number of rotatable bonds is 4. The molecule has 2 heterocycles. The van der Waals surface area contributed by atoms with E-state index in [-0.39, 0.29) is 24.3 Å². The predicted molar refractivity (Wildman–Crippen MR) is 101 cm³/mol. The summed E-state index contributed by atoms with van der Waals surface area (Å²) in [6.07, 6.45) is 4.36. The molecule has 7 heteroatoms. The number of hydrogen-bond acceptors (Lipinski definition) is 4. The van der Waals surface area contributed by atoms with Crippen molar-refractivity contribution in [1.29, 1.82) is 0 Å². The first-order valence-corrected chi connectivity index (χ1v) is 9.37. The van der Waals surface area contributed by atoms with E-state index in [1.807, 2.05) is 36.0 Å². The number of amides is 2. The van der Waals surface area contributed by atoms with Crippen molar-refractivity contribution in [2.45, 2.75) is 38.1 Å². The zero-order valence-electron chi connectivity index (χ0n) is 15.7. The maximum Gasteiger partial charge on any atom is 0.272 e. The van der Waals surface area contributed by atoms with Crippen LogP contribution in [0.1, 0.15) is 41.0 Å². The number of carbonyl (C=O) groups is 2. The first-order valence-electron chi connectivity index (χ1n) is 9.37. The lowest BCUT2D eigenvalue weighted by Crippen LogP contribution is -2.37. The molecule has 0 saturated carbocycles. The van der Waals surface area contributed by atoms with Gasteiger partial charge >= 0.3 is 0 Å². The molecule has 2 aromatic rings. The van der Waals surface area contributed by atoms with Crippen LogP contribution in [0.4, 0.5) is 5.69 Å². The standard InChI is InChI=1S/C20H24N4O3/c1-23-15-8-4-3-7-14(15)19(22-23)20(26)21-13-11-18(25)24(12-13)16-9-5-6-10-17(16)27-2/h5-6,9-10,13H,3-4,7-8,11-12H2,1-2H3,(H,21,26)/t13-/m0/s1. The minimum atomic E-state index is -0.240. The molecule has 0 bridgehead atoms. The Balaban J connectivity index is 1.50. The highest BCUT2D eigenvalue weighted by Gasteiger charge is 2.34. The highest BCUT2D eigenvalue weighted by atomic mass is 16.5. The molecule has 1 N–H and O–H groups in total. The van der Waals surface area contributed by atoms with Gasteiger partial charge in [0.15, 0.2) is 5.69 Å². The number of hydrogen-bond donors (Lipinski definition) is 1. The van der Waals surface area contributed by atoms with E-state index in [0.29, 0.717) is 18.0 Å².